The van der Waals surface area contributed by atoms with Crippen LogP contribution in [0, 0.1) is 11.3 Å². The van der Waals surface area contributed by atoms with Crippen LogP contribution in [-0.4, -0.2) is 6.29 Å². The van der Waals surface area contributed by atoms with Gasteiger partial charge in [0.1, 0.15) is 0 Å². The van der Waals surface area contributed by atoms with E-state index in [4.69, 9.17) is 5.26 Å². The summed E-state index contributed by atoms with van der Waals surface area (Å²) in [5, 5.41) is 8.59. The zero-order valence-electron chi connectivity index (χ0n) is 10.8. The number of rotatable bonds is 3. The minimum atomic E-state index is -4.48. The van der Waals surface area contributed by atoms with E-state index in [0.717, 1.165) is 17.7 Å². The number of hydrogen-bond donors (Lipinski definition) is 0. The first-order valence-electron chi connectivity index (χ1n) is 6.08. The Balaban J connectivity index is 2.44. The fourth-order valence-electron chi connectivity index (χ4n) is 1.99. The maximum absolute atomic E-state index is 12.6. The molecule has 0 heterocycles. The van der Waals surface area contributed by atoms with Gasteiger partial charge in [-0.3, -0.25) is 4.79 Å². The van der Waals surface area contributed by atoms with Crippen LogP contribution in [0.5, 0.6) is 0 Å². The maximum atomic E-state index is 12.6. The quantitative estimate of drug-likeness (QED) is 0.792. The zero-order valence-corrected chi connectivity index (χ0v) is 10.8. The van der Waals surface area contributed by atoms with E-state index in [2.05, 4.69) is 0 Å². The predicted molar refractivity (Wildman–Crippen MR) is 71.6 cm³/mol. The Hall–Kier alpha value is -2.61. The average Bonchev–Trinajstić information content (AvgIpc) is 2.47. The molecule has 2 aromatic rings. The van der Waals surface area contributed by atoms with Gasteiger partial charge in [0, 0.05) is 5.56 Å². The molecule has 0 aliphatic heterocycles. The number of halogens is 3. The summed E-state index contributed by atoms with van der Waals surface area (Å²) in [5.41, 5.74) is 1.00. The lowest BCUT2D eigenvalue weighted by Crippen LogP contribution is -2.05. The molecule has 0 saturated heterocycles. The number of alkyl halides is 3. The van der Waals surface area contributed by atoms with Crippen LogP contribution < -0.4 is 0 Å². The molecule has 0 N–H and O–H groups in total. The lowest BCUT2D eigenvalue weighted by atomic mass is 9.97. The summed E-state index contributed by atoms with van der Waals surface area (Å²) in [6.07, 6.45) is -3.81. The SMILES string of the molecule is N#CCc1ccc(-c2ccc(C(F)(F)F)cc2C=O)cc1. The molecular formula is C16H10F3NO. The molecule has 0 unspecified atom stereocenters. The van der Waals surface area contributed by atoms with Gasteiger partial charge in [-0.2, -0.15) is 18.4 Å². The van der Waals surface area contributed by atoms with E-state index < -0.39 is 11.7 Å². The molecule has 0 bridgehead atoms. The van der Waals surface area contributed by atoms with E-state index in [1.165, 1.54) is 6.07 Å². The number of aldehydes is 1. The summed E-state index contributed by atoms with van der Waals surface area (Å²) in [6, 6.07) is 11.9. The van der Waals surface area contributed by atoms with Crippen LogP contribution in [0.4, 0.5) is 13.2 Å². The van der Waals surface area contributed by atoms with Crippen molar-refractivity contribution in [1.82, 2.24) is 0 Å². The number of carbonyl (C=O) groups excluding carboxylic acids is 1. The van der Waals surface area contributed by atoms with Gasteiger partial charge in [0.2, 0.25) is 0 Å². The van der Waals surface area contributed by atoms with E-state index in [-0.39, 0.29) is 12.0 Å². The topological polar surface area (TPSA) is 40.9 Å². The minimum absolute atomic E-state index is 0.0159. The van der Waals surface area contributed by atoms with Crippen LogP contribution in [0.3, 0.4) is 0 Å². The lowest BCUT2D eigenvalue weighted by Gasteiger charge is -2.11. The molecule has 21 heavy (non-hydrogen) atoms. The van der Waals surface area contributed by atoms with Crippen LogP contribution in [0.1, 0.15) is 21.5 Å². The van der Waals surface area contributed by atoms with E-state index in [1.54, 1.807) is 24.3 Å². The second-order valence-electron chi connectivity index (χ2n) is 4.45. The first-order chi connectivity index (χ1) is 9.95. The molecule has 0 aliphatic rings. The highest BCUT2D eigenvalue weighted by Crippen LogP contribution is 2.33. The molecule has 0 fully saturated rings. The summed E-state index contributed by atoms with van der Waals surface area (Å²) >= 11 is 0. The van der Waals surface area contributed by atoms with Gasteiger partial charge in [-0.25, -0.2) is 0 Å². The largest absolute Gasteiger partial charge is 0.416 e. The van der Waals surface area contributed by atoms with Crippen molar-refractivity contribution >= 4 is 6.29 Å². The third kappa shape index (κ3) is 3.29. The Bertz CT molecular complexity index is 697. The number of benzene rings is 2. The van der Waals surface area contributed by atoms with Crippen LogP contribution in [-0.2, 0) is 12.6 Å². The molecule has 5 heteroatoms. The maximum Gasteiger partial charge on any atom is 0.416 e. The minimum Gasteiger partial charge on any atom is -0.298 e. The smallest absolute Gasteiger partial charge is 0.298 e. The molecular weight excluding hydrogens is 279 g/mol. The van der Waals surface area contributed by atoms with Crippen LogP contribution in [0.15, 0.2) is 42.5 Å². The van der Waals surface area contributed by atoms with Gasteiger partial charge < -0.3 is 0 Å². The molecule has 0 spiro atoms. The molecule has 0 radical (unpaired) electrons. The van der Waals surface area contributed by atoms with E-state index in [0.29, 0.717) is 17.4 Å². The lowest BCUT2D eigenvalue weighted by molar-refractivity contribution is -0.137. The highest BCUT2D eigenvalue weighted by Gasteiger charge is 2.31. The molecule has 2 rings (SSSR count). The molecule has 2 nitrogen and oxygen atoms in total. The molecule has 2 aromatic carbocycles. The molecule has 0 amide bonds. The fraction of sp³-hybridized carbons (Fsp3) is 0.125. The van der Waals surface area contributed by atoms with Gasteiger partial charge in [0.05, 0.1) is 18.1 Å². The summed E-state index contributed by atoms with van der Waals surface area (Å²) in [6.45, 7) is 0. The average molecular weight is 289 g/mol. The van der Waals surface area contributed by atoms with E-state index in [9.17, 15) is 18.0 Å². The number of hydrogen-bond acceptors (Lipinski definition) is 2. The van der Waals surface area contributed by atoms with Crippen molar-refractivity contribution in [3.05, 3.63) is 59.2 Å². The highest BCUT2D eigenvalue weighted by molar-refractivity contribution is 5.88. The Morgan fingerprint density at radius 2 is 1.76 bits per heavy atom. The van der Waals surface area contributed by atoms with E-state index in [1.807, 2.05) is 6.07 Å². The second kappa shape index (κ2) is 5.80. The molecule has 0 aromatic heterocycles. The van der Waals surface area contributed by atoms with Crippen LogP contribution in [0.2, 0.25) is 0 Å². The summed E-state index contributed by atoms with van der Waals surface area (Å²) < 4.78 is 37.9. The van der Waals surface area contributed by atoms with Crippen LogP contribution in [0.25, 0.3) is 11.1 Å². The summed E-state index contributed by atoms with van der Waals surface area (Å²) in [7, 11) is 0. The van der Waals surface area contributed by atoms with Gasteiger partial charge in [-0.1, -0.05) is 30.3 Å². The number of nitrogens with zero attached hydrogens (tertiary/aromatic N) is 1. The van der Waals surface area contributed by atoms with Gasteiger partial charge in [-0.15, -0.1) is 0 Å². The molecule has 0 aliphatic carbocycles. The second-order valence-corrected chi connectivity index (χ2v) is 4.45. The van der Waals surface area contributed by atoms with Gasteiger partial charge >= 0.3 is 6.18 Å². The van der Waals surface area contributed by atoms with E-state index >= 15 is 0 Å². The third-order valence-electron chi connectivity index (χ3n) is 3.05. The van der Waals surface area contributed by atoms with Crippen molar-refractivity contribution in [2.24, 2.45) is 0 Å². The molecule has 0 saturated carbocycles. The van der Waals surface area contributed by atoms with Gasteiger partial charge in [0.25, 0.3) is 0 Å². The zero-order chi connectivity index (χ0) is 15.5. The van der Waals surface area contributed by atoms with Crippen molar-refractivity contribution in [3.8, 4) is 17.2 Å². The predicted octanol–water partition coefficient (Wildman–Crippen LogP) is 4.25. The standard InChI is InChI=1S/C16H10F3NO/c17-16(18,19)14-5-6-15(13(9-14)10-21)12-3-1-11(2-4-12)7-8-20/h1-6,9-10H,7H2. The first kappa shape index (κ1) is 14.8. The Morgan fingerprint density at radius 1 is 1.10 bits per heavy atom. The van der Waals surface area contributed by atoms with Gasteiger partial charge in [0.15, 0.2) is 6.29 Å². The fourth-order valence-corrected chi connectivity index (χ4v) is 1.99. The highest BCUT2D eigenvalue weighted by atomic mass is 19.4. The van der Waals surface area contributed by atoms with Gasteiger partial charge in [-0.05, 0) is 28.8 Å². The number of carbonyl (C=O) groups is 1. The Kier molecular flexibility index (Phi) is 4.08. The molecule has 0 atom stereocenters. The monoisotopic (exact) mass is 289 g/mol. The van der Waals surface area contributed by atoms with Crippen molar-refractivity contribution in [2.75, 3.05) is 0 Å². The Labute approximate surface area is 119 Å². The van der Waals surface area contributed by atoms with Crippen molar-refractivity contribution in [2.45, 2.75) is 12.6 Å². The van der Waals surface area contributed by atoms with Crippen molar-refractivity contribution in [1.29, 1.82) is 5.26 Å². The first-order valence-corrected chi connectivity index (χ1v) is 6.08. The molecule has 106 valence electrons. The normalized spacial score (nSPS) is 11.0. The summed E-state index contributed by atoms with van der Waals surface area (Å²) in [5.74, 6) is 0. The number of nitriles is 1. The third-order valence-corrected chi connectivity index (χ3v) is 3.05. The van der Waals surface area contributed by atoms with Crippen LogP contribution >= 0.6 is 0 Å². The Morgan fingerprint density at radius 3 is 2.29 bits per heavy atom. The summed E-state index contributed by atoms with van der Waals surface area (Å²) in [4.78, 5) is 11.0. The van der Waals surface area contributed by atoms with Crippen molar-refractivity contribution in [3.63, 3.8) is 0 Å². The van der Waals surface area contributed by atoms with Crippen molar-refractivity contribution < 1.29 is 18.0 Å².